The van der Waals surface area contributed by atoms with Gasteiger partial charge in [-0.2, -0.15) is 4.31 Å². The monoisotopic (exact) mass is 300 g/mol. The maximum Gasteiger partial charge on any atom is 0.260 e. The van der Waals surface area contributed by atoms with Crippen molar-refractivity contribution in [3.8, 4) is 0 Å². The van der Waals surface area contributed by atoms with Crippen LogP contribution in [0.5, 0.6) is 0 Å². The molecule has 0 spiro atoms. The van der Waals surface area contributed by atoms with Crippen LogP contribution in [-0.4, -0.2) is 60.3 Å². The number of sulfonamides is 1. The third kappa shape index (κ3) is 3.21. The molecule has 0 saturated carbocycles. The molecule has 6 nitrogen and oxygen atoms in total. The first-order chi connectivity index (χ1) is 9.45. The summed E-state index contributed by atoms with van der Waals surface area (Å²) < 4.78 is 26.5. The molecule has 1 fully saturated rings. The smallest absolute Gasteiger partial charge is 0.260 e. The fourth-order valence-corrected chi connectivity index (χ4v) is 4.08. The van der Waals surface area contributed by atoms with Crippen molar-refractivity contribution in [2.45, 2.75) is 44.2 Å². The second-order valence-corrected chi connectivity index (χ2v) is 7.39. The summed E-state index contributed by atoms with van der Waals surface area (Å²) >= 11 is 0. The summed E-state index contributed by atoms with van der Waals surface area (Å²) in [6, 6.07) is 0.0803. The topological polar surface area (TPSA) is 69.3 Å². The molecule has 0 radical (unpaired) electrons. The zero-order valence-corrected chi connectivity index (χ0v) is 13.3. The molecular formula is C13H24N4O2S. The van der Waals surface area contributed by atoms with E-state index in [0.717, 1.165) is 38.9 Å². The highest BCUT2D eigenvalue weighted by Gasteiger charge is 2.31. The predicted molar refractivity (Wildman–Crippen MR) is 78.0 cm³/mol. The van der Waals surface area contributed by atoms with Gasteiger partial charge in [-0.3, -0.25) is 0 Å². The van der Waals surface area contributed by atoms with Gasteiger partial charge in [-0.25, -0.2) is 13.4 Å². The van der Waals surface area contributed by atoms with Gasteiger partial charge in [-0.05, 0) is 45.8 Å². The summed E-state index contributed by atoms with van der Waals surface area (Å²) in [6.45, 7) is 6.97. The van der Waals surface area contributed by atoms with E-state index in [9.17, 15) is 8.42 Å². The van der Waals surface area contributed by atoms with E-state index >= 15 is 0 Å². The van der Waals surface area contributed by atoms with Crippen LogP contribution in [0.1, 0.15) is 32.0 Å². The summed E-state index contributed by atoms with van der Waals surface area (Å²) in [4.78, 5) is 9.19. The number of aryl methyl sites for hydroxylation is 1. The molecule has 1 aliphatic heterocycles. The Morgan fingerprint density at radius 3 is 2.60 bits per heavy atom. The molecule has 1 saturated heterocycles. The van der Waals surface area contributed by atoms with Gasteiger partial charge in [0.1, 0.15) is 5.82 Å². The molecule has 0 aliphatic carbocycles. The number of rotatable bonds is 5. The van der Waals surface area contributed by atoms with E-state index in [1.807, 2.05) is 0 Å². The Kier molecular flexibility index (Phi) is 4.82. The average Bonchev–Trinajstić information content (AvgIpc) is 2.86. The predicted octanol–water partition coefficient (Wildman–Crippen LogP) is 1.21. The van der Waals surface area contributed by atoms with Gasteiger partial charge in [0.15, 0.2) is 5.03 Å². The van der Waals surface area contributed by atoms with E-state index < -0.39 is 10.0 Å². The standard InChI is InChI=1S/C13H24N4O2S/c1-4-7-17-8-5-12(6-9-17)16(3)20(18,19)13-10-14-11(2)15-13/h10,12H,4-9H2,1-3H3,(H,14,15). The van der Waals surface area contributed by atoms with Crippen LogP contribution >= 0.6 is 0 Å². The molecule has 0 unspecified atom stereocenters. The first kappa shape index (κ1) is 15.5. The van der Waals surface area contributed by atoms with Crippen LogP contribution in [0.2, 0.25) is 0 Å². The molecule has 0 aromatic carbocycles. The SMILES string of the molecule is CCCN1CCC(N(C)S(=O)(=O)c2cnc(C)[nH]2)CC1. The van der Waals surface area contributed by atoms with E-state index in [1.54, 1.807) is 14.0 Å². The van der Waals surface area contributed by atoms with E-state index in [1.165, 1.54) is 10.5 Å². The summed E-state index contributed by atoms with van der Waals surface area (Å²) in [5, 5.41) is 0.188. The van der Waals surface area contributed by atoms with Crippen LogP contribution in [0.15, 0.2) is 11.2 Å². The quantitative estimate of drug-likeness (QED) is 0.887. The lowest BCUT2D eigenvalue weighted by atomic mass is 10.1. The van der Waals surface area contributed by atoms with Crippen LogP contribution in [0.4, 0.5) is 0 Å². The summed E-state index contributed by atoms with van der Waals surface area (Å²) in [7, 11) is -1.78. The summed E-state index contributed by atoms with van der Waals surface area (Å²) in [5.74, 6) is 0.620. The van der Waals surface area contributed by atoms with Crippen molar-refractivity contribution in [2.75, 3.05) is 26.7 Å². The Bertz CT molecular complexity index is 532. The van der Waals surface area contributed by atoms with E-state index in [2.05, 4.69) is 21.8 Å². The Morgan fingerprint density at radius 2 is 2.10 bits per heavy atom. The Balaban J connectivity index is 2.03. The highest BCUT2D eigenvalue weighted by Crippen LogP contribution is 2.21. The second-order valence-electron chi connectivity index (χ2n) is 5.43. The van der Waals surface area contributed by atoms with E-state index in [0.29, 0.717) is 5.82 Å². The van der Waals surface area contributed by atoms with Crippen LogP contribution in [0.3, 0.4) is 0 Å². The number of nitrogens with one attached hydrogen (secondary N) is 1. The fourth-order valence-electron chi connectivity index (χ4n) is 2.70. The molecule has 1 aromatic heterocycles. The van der Waals surface area contributed by atoms with Crippen LogP contribution < -0.4 is 0 Å². The normalized spacial score (nSPS) is 18.8. The lowest BCUT2D eigenvalue weighted by molar-refractivity contribution is 0.170. The number of nitrogens with zero attached hydrogens (tertiary/aromatic N) is 3. The Labute approximate surface area is 121 Å². The van der Waals surface area contributed by atoms with E-state index in [-0.39, 0.29) is 11.1 Å². The first-order valence-electron chi connectivity index (χ1n) is 7.17. The van der Waals surface area contributed by atoms with Gasteiger partial charge >= 0.3 is 0 Å². The molecule has 0 atom stereocenters. The van der Waals surface area contributed by atoms with Crippen molar-refractivity contribution >= 4 is 10.0 Å². The minimum atomic E-state index is -3.45. The molecular weight excluding hydrogens is 276 g/mol. The number of piperidine rings is 1. The molecule has 1 N–H and O–H groups in total. The minimum absolute atomic E-state index is 0.0803. The highest BCUT2D eigenvalue weighted by molar-refractivity contribution is 7.89. The maximum atomic E-state index is 12.5. The average molecular weight is 300 g/mol. The Morgan fingerprint density at radius 1 is 1.45 bits per heavy atom. The molecule has 1 aromatic rings. The largest absolute Gasteiger partial charge is 0.332 e. The zero-order valence-electron chi connectivity index (χ0n) is 12.5. The minimum Gasteiger partial charge on any atom is -0.332 e. The number of aromatic amines is 1. The molecule has 114 valence electrons. The molecule has 0 amide bonds. The number of aromatic nitrogens is 2. The molecule has 7 heteroatoms. The van der Waals surface area contributed by atoms with E-state index in [4.69, 9.17) is 0 Å². The summed E-state index contributed by atoms with van der Waals surface area (Å²) in [6.07, 6.45) is 4.32. The highest BCUT2D eigenvalue weighted by atomic mass is 32.2. The van der Waals surface area contributed by atoms with Crippen molar-refractivity contribution in [3.05, 3.63) is 12.0 Å². The van der Waals surface area contributed by atoms with Gasteiger partial charge in [0.2, 0.25) is 0 Å². The molecule has 0 bridgehead atoms. The number of H-pyrrole nitrogens is 1. The Hall–Kier alpha value is -0.920. The van der Waals surface area contributed by atoms with Gasteiger partial charge in [0, 0.05) is 13.1 Å². The van der Waals surface area contributed by atoms with Crippen LogP contribution in [0.25, 0.3) is 0 Å². The molecule has 1 aliphatic rings. The van der Waals surface area contributed by atoms with Crippen molar-refractivity contribution in [1.29, 1.82) is 0 Å². The summed E-state index contributed by atoms with van der Waals surface area (Å²) in [5.41, 5.74) is 0. The molecule has 2 heterocycles. The fraction of sp³-hybridized carbons (Fsp3) is 0.769. The molecule has 20 heavy (non-hydrogen) atoms. The number of imidazole rings is 1. The lowest BCUT2D eigenvalue weighted by Gasteiger charge is -2.35. The van der Waals surface area contributed by atoms with Crippen molar-refractivity contribution in [3.63, 3.8) is 0 Å². The first-order valence-corrected chi connectivity index (χ1v) is 8.61. The van der Waals surface area contributed by atoms with Gasteiger partial charge in [-0.1, -0.05) is 6.92 Å². The third-order valence-corrected chi connectivity index (χ3v) is 5.77. The van der Waals surface area contributed by atoms with Crippen LogP contribution in [0, 0.1) is 6.92 Å². The lowest BCUT2D eigenvalue weighted by Crippen LogP contribution is -2.45. The second kappa shape index (κ2) is 6.24. The van der Waals surface area contributed by atoms with Crippen molar-refractivity contribution in [2.24, 2.45) is 0 Å². The third-order valence-electron chi connectivity index (χ3n) is 3.95. The molecule has 2 rings (SSSR count). The van der Waals surface area contributed by atoms with Gasteiger partial charge in [0.25, 0.3) is 10.0 Å². The zero-order chi connectivity index (χ0) is 14.8. The number of hydrogen-bond donors (Lipinski definition) is 1. The van der Waals surface area contributed by atoms with Crippen LogP contribution in [-0.2, 0) is 10.0 Å². The van der Waals surface area contributed by atoms with Gasteiger partial charge in [0.05, 0.1) is 6.20 Å². The van der Waals surface area contributed by atoms with Crippen molar-refractivity contribution < 1.29 is 8.42 Å². The van der Waals surface area contributed by atoms with Crippen molar-refractivity contribution in [1.82, 2.24) is 19.2 Å². The number of likely N-dealkylation sites (tertiary alicyclic amines) is 1. The van der Waals surface area contributed by atoms with Gasteiger partial charge < -0.3 is 9.88 Å². The number of hydrogen-bond acceptors (Lipinski definition) is 4. The van der Waals surface area contributed by atoms with Gasteiger partial charge in [-0.15, -0.1) is 0 Å². The maximum absolute atomic E-state index is 12.5.